The maximum absolute atomic E-state index is 14.3. The largest absolute Gasteiger partial charge is 0.507 e. The fraction of sp³-hybridized carbons (Fsp3) is 0.393. The number of amides is 2. The number of likely N-dealkylation sites (tertiary alicyclic amines) is 1. The zero-order valence-corrected chi connectivity index (χ0v) is 21.5. The van der Waals surface area contributed by atoms with E-state index in [4.69, 9.17) is 16.3 Å². The number of carbonyl (C=O) groups is 3. The summed E-state index contributed by atoms with van der Waals surface area (Å²) >= 11 is 6.04. The first kappa shape index (κ1) is 25.4. The van der Waals surface area contributed by atoms with Crippen LogP contribution < -0.4 is 4.90 Å². The Labute approximate surface area is 221 Å². The van der Waals surface area contributed by atoms with Gasteiger partial charge in [-0.15, -0.1) is 0 Å². The highest BCUT2D eigenvalue weighted by molar-refractivity contribution is 6.50. The molecule has 2 aromatic rings. The molecule has 194 valence electrons. The lowest BCUT2D eigenvalue weighted by molar-refractivity contribution is -0.143. The van der Waals surface area contributed by atoms with E-state index in [0.29, 0.717) is 61.0 Å². The first-order chi connectivity index (χ1) is 17.9. The van der Waals surface area contributed by atoms with Gasteiger partial charge in [0.05, 0.1) is 24.5 Å². The molecule has 2 aromatic carbocycles. The summed E-state index contributed by atoms with van der Waals surface area (Å²) in [6.07, 6.45) is 1.26. The monoisotopic (exact) mass is 523 g/mol. The number of hydrogen-bond donors (Lipinski definition) is 1. The number of anilines is 1. The molecule has 1 atom stereocenters. The summed E-state index contributed by atoms with van der Waals surface area (Å²) in [5.41, 5.74) is -0.420. The maximum Gasteiger partial charge on any atom is 0.296 e. The Balaban J connectivity index is 1.64. The van der Waals surface area contributed by atoms with E-state index in [1.807, 2.05) is 19.1 Å². The minimum absolute atomic E-state index is 0.192. The van der Waals surface area contributed by atoms with Crippen molar-refractivity contribution in [2.24, 2.45) is 0 Å². The van der Waals surface area contributed by atoms with Gasteiger partial charge in [0.15, 0.2) is 5.54 Å². The zero-order valence-electron chi connectivity index (χ0n) is 20.8. The molecule has 1 unspecified atom stereocenters. The second-order valence-electron chi connectivity index (χ2n) is 9.51. The van der Waals surface area contributed by atoms with E-state index in [0.717, 1.165) is 13.1 Å². The number of hydrogen-bond acceptors (Lipinski definition) is 6. The fourth-order valence-corrected chi connectivity index (χ4v) is 5.77. The number of benzene rings is 2. The number of morpholine rings is 1. The third-order valence-corrected chi connectivity index (χ3v) is 7.59. The lowest BCUT2D eigenvalue weighted by Crippen LogP contribution is -2.52. The third kappa shape index (κ3) is 4.13. The van der Waals surface area contributed by atoms with Crippen molar-refractivity contribution in [1.29, 1.82) is 0 Å². The number of para-hydroxylation sites is 1. The summed E-state index contributed by atoms with van der Waals surface area (Å²) in [5.74, 6) is -2.41. The Bertz CT molecular complexity index is 1250. The van der Waals surface area contributed by atoms with Crippen LogP contribution in [0.25, 0.3) is 5.76 Å². The predicted molar refractivity (Wildman–Crippen MR) is 140 cm³/mol. The van der Waals surface area contributed by atoms with Crippen LogP contribution in [0.15, 0.2) is 54.1 Å². The quantitative estimate of drug-likeness (QED) is 0.340. The van der Waals surface area contributed by atoms with Crippen molar-refractivity contribution < 1.29 is 24.2 Å². The van der Waals surface area contributed by atoms with Crippen LogP contribution in [0, 0.1) is 0 Å². The van der Waals surface area contributed by atoms with Crippen LogP contribution in [0.2, 0.25) is 5.02 Å². The highest BCUT2D eigenvalue weighted by Crippen LogP contribution is 2.53. The smallest absolute Gasteiger partial charge is 0.296 e. The number of rotatable bonds is 7. The van der Waals surface area contributed by atoms with Crippen molar-refractivity contribution in [2.45, 2.75) is 25.3 Å². The summed E-state index contributed by atoms with van der Waals surface area (Å²) in [4.78, 5) is 46.8. The van der Waals surface area contributed by atoms with Crippen LogP contribution in [-0.4, -0.2) is 78.4 Å². The number of carbonyl (C=O) groups excluding carboxylic acids is 3. The summed E-state index contributed by atoms with van der Waals surface area (Å²) in [6.45, 7) is 6.20. The second kappa shape index (κ2) is 10.3. The number of aliphatic hydroxyl groups is 1. The van der Waals surface area contributed by atoms with Crippen molar-refractivity contribution in [2.75, 3.05) is 50.8 Å². The molecule has 9 heteroatoms. The van der Waals surface area contributed by atoms with Gasteiger partial charge in [0, 0.05) is 48.9 Å². The molecule has 3 aliphatic rings. The molecule has 3 aliphatic heterocycles. The molecule has 3 heterocycles. The number of ether oxygens (including phenoxy) is 1. The van der Waals surface area contributed by atoms with Crippen LogP contribution in [0.4, 0.5) is 5.69 Å². The standard InChI is InChI=1S/C28H30ClN3O5/c1-2-12-31-22-7-4-3-6-21(22)28(27(31)36)23(24(33)19-8-10-20(29)11-9-19)25(34)26(35)32(28)14-5-13-30-15-17-37-18-16-30/h3-4,6-11,33H,2,5,12-18H2,1H3/b24-23-. The molecule has 0 aromatic heterocycles. The van der Waals surface area contributed by atoms with E-state index in [-0.39, 0.29) is 17.9 Å². The third-order valence-electron chi connectivity index (χ3n) is 7.33. The SMILES string of the molecule is CCCN1C(=O)C2(/C(=C(\O)c3ccc(Cl)cc3)C(=O)C(=O)N2CCCN2CCOCC2)c2ccccc21. The van der Waals surface area contributed by atoms with Crippen LogP contribution in [0.1, 0.15) is 30.9 Å². The number of fused-ring (bicyclic) bond motifs is 2. The van der Waals surface area contributed by atoms with E-state index in [1.54, 1.807) is 41.3 Å². The van der Waals surface area contributed by atoms with Gasteiger partial charge in [-0.1, -0.05) is 36.7 Å². The summed E-state index contributed by atoms with van der Waals surface area (Å²) in [7, 11) is 0. The first-order valence-corrected chi connectivity index (χ1v) is 13.1. The predicted octanol–water partition coefficient (Wildman–Crippen LogP) is 3.39. The van der Waals surface area contributed by atoms with Gasteiger partial charge in [0.1, 0.15) is 5.76 Å². The Kier molecular flexibility index (Phi) is 7.07. The summed E-state index contributed by atoms with van der Waals surface area (Å²) in [6, 6.07) is 13.6. The Morgan fingerprint density at radius 1 is 1.00 bits per heavy atom. The Morgan fingerprint density at radius 2 is 1.70 bits per heavy atom. The van der Waals surface area contributed by atoms with Crippen molar-refractivity contribution in [3.63, 3.8) is 0 Å². The van der Waals surface area contributed by atoms with Gasteiger partial charge in [-0.05, 0) is 43.2 Å². The first-order valence-electron chi connectivity index (χ1n) is 12.7. The Hall–Kier alpha value is -3.20. The highest BCUT2D eigenvalue weighted by Gasteiger charge is 2.66. The van der Waals surface area contributed by atoms with Crippen LogP contribution in [0.3, 0.4) is 0 Å². The van der Waals surface area contributed by atoms with Gasteiger partial charge in [-0.25, -0.2) is 0 Å². The average Bonchev–Trinajstić information content (AvgIpc) is 3.28. The number of halogens is 1. The van der Waals surface area contributed by atoms with Crippen LogP contribution in [0.5, 0.6) is 0 Å². The fourth-order valence-electron chi connectivity index (χ4n) is 5.64. The van der Waals surface area contributed by atoms with E-state index in [9.17, 15) is 19.5 Å². The molecule has 2 fully saturated rings. The van der Waals surface area contributed by atoms with Gasteiger partial charge in [0.25, 0.3) is 17.6 Å². The van der Waals surface area contributed by atoms with E-state index >= 15 is 0 Å². The van der Waals surface area contributed by atoms with Crippen molar-refractivity contribution in [1.82, 2.24) is 9.80 Å². The maximum atomic E-state index is 14.3. The summed E-state index contributed by atoms with van der Waals surface area (Å²) in [5, 5.41) is 11.9. The minimum Gasteiger partial charge on any atom is -0.507 e. The summed E-state index contributed by atoms with van der Waals surface area (Å²) < 4.78 is 5.42. The van der Waals surface area contributed by atoms with Crippen LogP contribution in [-0.2, 0) is 24.7 Å². The molecule has 2 amide bonds. The van der Waals surface area contributed by atoms with Crippen molar-refractivity contribution >= 4 is 40.6 Å². The molecule has 1 N–H and O–H groups in total. The second-order valence-corrected chi connectivity index (χ2v) is 9.94. The Morgan fingerprint density at radius 3 is 2.41 bits per heavy atom. The molecule has 2 saturated heterocycles. The van der Waals surface area contributed by atoms with E-state index in [1.165, 1.54) is 4.90 Å². The topological polar surface area (TPSA) is 90.4 Å². The minimum atomic E-state index is -1.73. The van der Waals surface area contributed by atoms with E-state index < -0.39 is 23.1 Å². The molecule has 0 radical (unpaired) electrons. The highest BCUT2D eigenvalue weighted by atomic mass is 35.5. The van der Waals surface area contributed by atoms with Gasteiger partial charge < -0.3 is 19.6 Å². The van der Waals surface area contributed by atoms with Gasteiger partial charge in [-0.3, -0.25) is 19.3 Å². The molecule has 8 nitrogen and oxygen atoms in total. The molecular formula is C28H30ClN3O5. The van der Waals surface area contributed by atoms with Gasteiger partial charge in [-0.2, -0.15) is 0 Å². The molecule has 37 heavy (non-hydrogen) atoms. The molecule has 1 spiro atoms. The molecule has 0 bridgehead atoms. The van der Waals surface area contributed by atoms with Gasteiger partial charge in [0.2, 0.25) is 0 Å². The molecular weight excluding hydrogens is 494 g/mol. The number of aliphatic hydroxyl groups excluding tert-OH is 1. The molecule has 0 saturated carbocycles. The number of Topliss-reactive ketones (excluding diaryl/α,β-unsaturated/α-hetero) is 1. The average molecular weight is 524 g/mol. The lowest BCUT2D eigenvalue weighted by Gasteiger charge is -2.35. The molecule has 5 rings (SSSR count). The number of ketones is 1. The normalized spacial score (nSPS) is 23.4. The van der Waals surface area contributed by atoms with Gasteiger partial charge >= 0.3 is 0 Å². The zero-order chi connectivity index (χ0) is 26.2. The number of nitrogens with zero attached hydrogens (tertiary/aromatic N) is 3. The van der Waals surface area contributed by atoms with Crippen molar-refractivity contribution in [3.05, 3.63) is 70.3 Å². The van der Waals surface area contributed by atoms with Crippen molar-refractivity contribution in [3.8, 4) is 0 Å². The van der Waals surface area contributed by atoms with E-state index in [2.05, 4.69) is 4.90 Å². The molecule has 0 aliphatic carbocycles. The lowest BCUT2D eigenvalue weighted by atomic mass is 9.82. The van der Waals surface area contributed by atoms with Crippen LogP contribution >= 0.6 is 11.6 Å².